The highest BCUT2D eigenvalue weighted by Crippen LogP contribution is 2.26. The van der Waals surface area contributed by atoms with Crippen molar-refractivity contribution < 1.29 is 33.5 Å². The highest BCUT2D eigenvalue weighted by Gasteiger charge is 2.24. The molecular weight excluding hydrogens is 443 g/mol. The molecule has 3 aromatic rings. The molecule has 0 fully saturated rings. The summed E-state index contributed by atoms with van der Waals surface area (Å²) in [6.45, 7) is 0. The lowest BCUT2D eigenvalue weighted by Gasteiger charge is -2.20. The van der Waals surface area contributed by atoms with E-state index in [-0.39, 0.29) is 24.5 Å². The van der Waals surface area contributed by atoms with E-state index < -0.39 is 29.8 Å². The summed E-state index contributed by atoms with van der Waals surface area (Å²) in [5, 5.41) is 25.4. The highest BCUT2D eigenvalue weighted by atomic mass is 35.5. The fraction of sp³-hybridized carbons (Fsp3) is 0.227. The lowest BCUT2D eigenvalue weighted by atomic mass is 9.97. The molecule has 1 unspecified atom stereocenters. The summed E-state index contributed by atoms with van der Waals surface area (Å²) in [5.41, 5.74) is 1.68. The van der Waals surface area contributed by atoms with Crippen LogP contribution in [0.25, 0.3) is 11.1 Å². The summed E-state index contributed by atoms with van der Waals surface area (Å²) in [6, 6.07) is 11.6. The first kappa shape index (κ1) is 23.2. The molecule has 3 rings (SSSR count). The fourth-order valence-electron chi connectivity index (χ4n) is 3.11. The van der Waals surface area contributed by atoms with E-state index in [2.05, 4.69) is 10.5 Å². The zero-order valence-electron chi connectivity index (χ0n) is 16.9. The molecule has 1 heterocycles. The van der Waals surface area contributed by atoms with E-state index in [9.17, 15) is 19.1 Å². The van der Waals surface area contributed by atoms with E-state index in [1.165, 1.54) is 31.4 Å². The van der Waals surface area contributed by atoms with Crippen molar-refractivity contribution in [2.45, 2.75) is 25.0 Å². The number of aromatic nitrogens is 1. The third-order valence-corrected chi connectivity index (χ3v) is 4.96. The maximum absolute atomic E-state index is 14.1. The summed E-state index contributed by atoms with van der Waals surface area (Å²) in [5.74, 6) is -2.47. The molecule has 3 N–H and O–H groups in total. The third-order valence-electron chi connectivity index (χ3n) is 4.72. The maximum Gasteiger partial charge on any atom is 0.332 e. The van der Waals surface area contributed by atoms with Crippen LogP contribution in [0.2, 0.25) is 5.02 Å². The molecule has 0 spiro atoms. The molecule has 10 heteroatoms. The van der Waals surface area contributed by atoms with Gasteiger partial charge in [0.15, 0.2) is 6.10 Å². The Morgan fingerprint density at radius 2 is 1.94 bits per heavy atom. The van der Waals surface area contributed by atoms with Gasteiger partial charge in [-0.15, -0.1) is 0 Å². The van der Waals surface area contributed by atoms with Crippen molar-refractivity contribution >= 4 is 23.5 Å². The fourth-order valence-corrected chi connectivity index (χ4v) is 3.28. The van der Waals surface area contributed by atoms with Gasteiger partial charge in [-0.05, 0) is 40.9 Å². The number of carbonyl (C=O) groups is 2. The molecule has 8 nitrogen and oxygen atoms in total. The van der Waals surface area contributed by atoms with Gasteiger partial charge in [0.1, 0.15) is 5.82 Å². The molecule has 0 aliphatic heterocycles. The number of halogens is 2. The number of hydrogen-bond acceptors (Lipinski definition) is 6. The second-order valence-corrected chi connectivity index (χ2v) is 7.46. The van der Waals surface area contributed by atoms with Gasteiger partial charge in [0.05, 0.1) is 13.2 Å². The second-order valence-electron chi connectivity index (χ2n) is 7.02. The summed E-state index contributed by atoms with van der Waals surface area (Å²) >= 11 is 5.95. The van der Waals surface area contributed by atoms with Crippen LogP contribution in [0.1, 0.15) is 22.5 Å². The van der Waals surface area contributed by atoms with Crippen LogP contribution < -0.4 is 10.1 Å². The molecular formula is C22H20ClFN2O6. The summed E-state index contributed by atoms with van der Waals surface area (Å²) < 4.78 is 23.9. The SMILES string of the molecule is COc1cc(C(=O)NC(Cc2ccc(-c3cc(Cl)ccc3F)cc2)C[C@@H](O)C(=O)O)on1. The van der Waals surface area contributed by atoms with Gasteiger partial charge in [0.25, 0.3) is 11.8 Å². The second kappa shape index (κ2) is 10.3. The molecule has 1 amide bonds. The number of methoxy groups -OCH3 is 1. The van der Waals surface area contributed by atoms with Gasteiger partial charge < -0.3 is 24.8 Å². The zero-order valence-corrected chi connectivity index (χ0v) is 17.7. The van der Waals surface area contributed by atoms with Crippen molar-refractivity contribution in [1.29, 1.82) is 0 Å². The van der Waals surface area contributed by atoms with Crippen LogP contribution in [0.4, 0.5) is 4.39 Å². The number of rotatable bonds is 9. The first-order valence-electron chi connectivity index (χ1n) is 9.53. The van der Waals surface area contributed by atoms with E-state index in [4.69, 9.17) is 26.0 Å². The van der Waals surface area contributed by atoms with Crippen molar-refractivity contribution in [3.63, 3.8) is 0 Å². The number of benzene rings is 2. The van der Waals surface area contributed by atoms with Gasteiger partial charge in [0, 0.05) is 23.0 Å². The van der Waals surface area contributed by atoms with E-state index in [1.807, 2.05) is 0 Å². The van der Waals surface area contributed by atoms with Crippen LogP contribution in [0.15, 0.2) is 53.1 Å². The normalized spacial score (nSPS) is 12.8. The van der Waals surface area contributed by atoms with E-state index in [1.54, 1.807) is 24.3 Å². The van der Waals surface area contributed by atoms with E-state index >= 15 is 0 Å². The molecule has 0 aliphatic rings. The van der Waals surface area contributed by atoms with Gasteiger partial charge in [0.2, 0.25) is 5.76 Å². The number of hydrogen-bond donors (Lipinski definition) is 3. The van der Waals surface area contributed by atoms with E-state index in [0.717, 1.165) is 5.56 Å². The number of aliphatic hydroxyl groups excluding tert-OH is 1. The molecule has 0 saturated carbocycles. The average Bonchev–Trinajstić information content (AvgIpc) is 3.25. The largest absolute Gasteiger partial charge is 0.479 e. The Morgan fingerprint density at radius 1 is 1.22 bits per heavy atom. The number of ether oxygens (including phenoxy) is 1. The minimum absolute atomic E-state index is 0.112. The number of aliphatic hydroxyl groups is 1. The number of amides is 1. The Kier molecular flexibility index (Phi) is 7.45. The zero-order chi connectivity index (χ0) is 23.3. The van der Waals surface area contributed by atoms with E-state index in [0.29, 0.717) is 16.1 Å². The molecule has 0 radical (unpaired) electrons. The molecule has 0 bridgehead atoms. The first-order chi connectivity index (χ1) is 15.3. The Balaban J connectivity index is 1.77. The van der Waals surface area contributed by atoms with Crippen LogP contribution in [-0.2, 0) is 11.2 Å². The number of nitrogens with one attached hydrogen (secondary N) is 1. The minimum atomic E-state index is -1.68. The molecule has 0 aliphatic carbocycles. The number of aliphatic carboxylic acids is 1. The lowest BCUT2D eigenvalue weighted by Crippen LogP contribution is -2.40. The first-order valence-corrected chi connectivity index (χ1v) is 9.91. The number of carbonyl (C=O) groups excluding carboxylic acids is 1. The topological polar surface area (TPSA) is 122 Å². The van der Waals surface area contributed by atoms with Gasteiger partial charge in [-0.25, -0.2) is 9.18 Å². The molecule has 0 saturated heterocycles. The van der Waals surface area contributed by atoms with Crippen LogP contribution in [-0.4, -0.2) is 46.5 Å². The number of nitrogens with zero attached hydrogens (tertiary/aromatic N) is 1. The maximum atomic E-state index is 14.1. The Morgan fingerprint density at radius 3 is 2.56 bits per heavy atom. The van der Waals surface area contributed by atoms with Gasteiger partial charge >= 0.3 is 5.97 Å². The molecule has 32 heavy (non-hydrogen) atoms. The van der Waals surface area contributed by atoms with Gasteiger partial charge in [-0.1, -0.05) is 35.9 Å². The third kappa shape index (κ3) is 5.83. The average molecular weight is 463 g/mol. The van der Waals surface area contributed by atoms with Crippen molar-refractivity contribution in [2.24, 2.45) is 0 Å². The van der Waals surface area contributed by atoms with Gasteiger partial charge in [-0.3, -0.25) is 4.79 Å². The molecule has 2 aromatic carbocycles. The van der Waals surface area contributed by atoms with Crippen molar-refractivity contribution in [3.05, 3.63) is 70.7 Å². The minimum Gasteiger partial charge on any atom is -0.479 e. The molecule has 1 aromatic heterocycles. The standard InChI is InChI=1S/C22H20ClFN2O6/c1-31-20-11-19(32-26-20)21(28)25-15(10-18(27)22(29)30)8-12-2-4-13(5-3-12)16-9-14(23)6-7-17(16)24/h2-7,9,11,15,18,27H,8,10H2,1H3,(H,25,28)(H,29,30)/t15?,18-/m1/s1. The monoisotopic (exact) mass is 462 g/mol. The van der Waals surface area contributed by atoms with Crippen LogP contribution >= 0.6 is 11.6 Å². The lowest BCUT2D eigenvalue weighted by molar-refractivity contribution is -0.147. The quantitative estimate of drug-likeness (QED) is 0.446. The molecule has 2 atom stereocenters. The Hall–Kier alpha value is -3.43. The predicted molar refractivity (Wildman–Crippen MR) is 113 cm³/mol. The van der Waals surface area contributed by atoms with Crippen molar-refractivity contribution in [1.82, 2.24) is 10.5 Å². The highest BCUT2D eigenvalue weighted by molar-refractivity contribution is 6.30. The predicted octanol–water partition coefficient (Wildman–Crippen LogP) is 3.32. The summed E-state index contributed by atoms with van der Waals surface area (Å²) in [6.07, 6.45) is -1.71. The van der Waals surface area contributed by atoms with Crippen LogP contribution in [0.5, 0.6) is 5.88 Å². The van der Waals surface area contributed by atoms with Crippen LogP contribution in [0.3, 0.4) is 0 Å². The number of carboxylic acid groups (broad SMARTS) is 1. The Bertz CT molecular complexity index is 1100. The Labute approximate surface area is 187 Å². The smallest absolute Gasteiger partial charge is 0.332 e. The molecule has 168 valence electrons. The van der Waals surface area contributed by atoms with Crippen molar-refractivity contribution in [3.8, 4) is 17.0 Å². The summed E-state index contributed by atoms with van der Waals surface area (Å²) in [4.78, 5) is 23.5. The van der Waals surface area contributed by atoms with Crippen LogP contribution in [0, 0.1) is 5.82 Å². The number of carboxylic acids is 1. The van der Waals surface area contributed by atoms with Gasteiger partial charge in [-0.2, -0.15) is 0 Å². The summed E-state index contributed by atoms with van der Waals surface area (Å²) in [7, 11) is 1.37. The van der Waals surface area contributed by atoms with Crippen molar-refractivity contribution in [2.75, 3.05) is 7.11 Å².